The van der Waals surface area contributed by atoms with Crippen LogP contribution in [0.25, 0.3) is 22.2 Å². The van der Waals surface area contributed by atoms with Crippen LogP contribution in [0.2, 0.25) is 5.02 Å². The summed E-state index contributed by atoms with van der Waals surface area (Å²) in [6, 6.07) is 25.4. The molecule has 0 unspecified atom stereocenters. The maximum Gasteiger partial charge on any atom is 0.0630 e. The van der Waals surface area contributed by atoms with Crippen molar-refractivity contribution < 1.29 is 0 Å². The number of fused-ring (bicyclic) bond motifs is 1. The second-order valence-electron chi connectivity index (χ2n) is 6.18. The molecule has 0 spiro atoms. The largest absolute Gasteiger partial charge is 0.343 e. The first-order valence-corrected chi connectivity index (χ1v) is 9.41. The number of nitrogens with zero attached hydrogens (tertiary/aromatic N) is 1. The number of halogens is 1. The standard InChI is InChI=1S/C22H18ClNS/c1-15-7-9-16(10-8-15)21-22(25-18-13-11-17(23)12-14-18)19-5-3-4-6-20(19)24(21)2/h3-14H,1-2H3. The van der Waals surface area contributed by atoms with Crippen LogP contribution in [-0.4, -0.2) is 4.57 Å². The average molecular weight is 364 g/mol. The number of para-hydroxylation sites is 1. The van der Waals surface area contributed by atoms with Crippen molar-refractivity contribution in [3.05, 3.63) is 83.4 Å². The molecule has 0 aliphatic rings. The van der Waals surface area contributed by atoms with Crippen molar-refractivity contribution >= 4 is 34.3 Å². The minimum Gasteiger partial charge on any atom is -0.343 e. The van der Waals surface area contributed by atoms with Gasteiger partial charge in [-0.3, -0.25) is 0 Å². The molecule has 0 N–H and O–H groups in total. The third-order valence-electron chi connectivity index (χ3n) is 4.42. The van der Waals surface area contributed by atoms with Crippen molar-refractivity contribution in [2.24, 2.45) is 7.05 Å². The second kappa shape index (κ2) is 6.62. The van der Waals surface area contributed by atoms with Gasteiger partial charge in [0.25, 0.3) is 0 Å². The zero-order valence-electron chi connectivity index (χ0n) is 14.2. The fourth-order valence-electron chi connectivity index (χ4n) is 3.12. The molecular weight excluding hydrogens is 346 g/mol. The summed E-state index contributed by atoms with van der Waals surface area (Å²) in [6.45, 7) is 2.12. The highest BCUT2D eigenvalue weighted by atomic mass is 35.5. The van der Waals surface area contributed by atoms with Gasteiger partial charge in [0.05, 0.1) is 5.69 Å². The van der Waals surface area contributed by atoms with Crippen molar-refractivity contribution in [2.45, 2.75) is 16.7 Å². The Balaban J connectivity index is 1.92. The lowest BCUT2D eigenvalue weighted by Gasteiger charge is -2.09. The van der Waals surface area contributed by atoms with Gasteiger partial charge in [0.15, 0.2) is 0 Å². The summed E-state index contributed by atoms with van der Waals surface area (Å²) in [6.07, 6.45) is 0. The number of aryl methyl sites for hydroxylation is 2. The first kappa shape index (κ1) is 16.3. The lowest BCUT2D eigenvalue weighted by atomic mass is 10.1. The zero-order chi connectivity index (χ0) is 17.4. The van der Waals surface area contributed by atoms with Crippen LogP contribution in [-0.2, 0) is 7.05 Å². The van der Waals surface area contributed by atoms with Gasteiger partial charge in [-0.25, -0.2) is 0 Å². The molecule has 0 saturated carbocycles. The molecule has 124 valence electrons. The van der Waals surface area contributed by atoms with E-state index in [1.165, 1.54) is 37.5 Å². The summed E-state index contributed by atoms with van der Waals surface area (Å²) in [5.74, 6) is 0. The molecule has 0 aliphatic heterocycles. The van der Waals surface area contributed by atoms with Gasteiger partial charge in [-0.1, -0.05) is 71.4 Å². The van der Waals surface area contributed by atoms with E-state index in [9.17, 15) is 0 Å². The zero-order valence-corrected chi connectivity index (χ0v) is 15.7. The molecule has 0 bridgehead atoms. The quantitative estimate of drug-likeness (QED) is 0.381. The van der Waals surface area contributed by atoms with Crippen LogP contribution < -0.4 is 0 Å². The highest BCUT2D eigenvalue weighted by molar-refractivity contribution is 7.99. The van der Waals surface area contributed by atoms with E-state index in [0.717, 1.165) is 5.02 Å². The molecule has 0 atom stereocenters. The summed E-state index contributed by atoms with van der Waals surface area (Å²) in [7, 11) is 2.14. The molecule has 1 aromatic heterocycles. The third kappa shape index (κ3) is 3.08. The van der Waals surface area contributed by atoms with Crippen LogP contribution in [0.15, 0.2) is 82.6 Å². The Morgan fingerprint density at radius 1 is 0.840 bits per heavy atom. The summed E-state index contributed by atoms with van der Waals surface area (Å²) in [5.41, 5.74) is 5.01. The lowest BCUT2D eigenvalue weighted by molar-refractivity contribution is 0.968. The number of hydrogen-bond acceptors (Lipinski definition) is 1. The third-order valence-corrected chi connectivity index (χ3v) is 5.80. The van der Waals surface area contributed by atoms with Crippen LogP contribution >= 0.6 is 23.4 Å². The van der Waals surface area contributed by atoms with Gasteiger partial charge in [0, 0.05) is 32.8 Å². The Labute approximate surface area is 157 Å². The Morgan fingerprint density at radius 3 is 2.24 bits per heavy atom. The topological polar surface area (TPSA) is 4.93 Å². The van der Waals surface area contributed by atoms with E-state index in [4.69, 9.17) is 11.6 Å². The highest BCUT2D eigenvalue weighted by Gasteiger charge is 2.17. The van der Waals surface area contributed by atoms with Gasteiger partial charge >= 0.3 is 0 Å². The summed E-state index contributed by atoms with van der Waals surface area (Å²) in [5, 5.41) is 2.04. The van der Waals surface area contributed by atoms with Gasteiger partial charge < -0.3 is 4.57 Å². The maximum atomic E-state index is 6.04. The molecule has 1 nitrogen and oxygen atoms in total. The Morgan fingerprint density at radius 2 is 1.52 bits per heavy atom. The van der Waals surface area contributed by atoms with Crippen molar-refractivity contribution in [3.63, 3.8) is 0 Å². The first-order valence-electron chi connectivity index (χ1n) is 8.21. The van der Waals surface area contributed by atoms with Gasteiger partial charge in [-0.2, -0.15) is 0 Å². The van der Waals surface area contributed by atoms with E-state index in [2.05, 4.69) is 79.2 Å². The first-order chi connectivity index (χ1) is 12.1. The summed E-state index contributed by atoms with van der Waals surface area (Å²) >= 11 is 7.84. The molecule has 0 aliphatic carbocycles. The number of hydrogen-bond donors (Lipinski definition) is 0. The predicted octanol–water partition coefficient (Wildman–Crippen LogP) is 6.96. The summed E-state index contributed by atoms with van der Waals surface area (Å²) < 4.78 is 2.29. The molecule has 0 amide bonds. The molecule has 3 heteroatoms. The van der Waals surface area contributed by atoms with E-state index in [1.54, 1.807) is 11.8 Å². The van der Waals surface area contributed by atoms with Crippen molar-refractivity contribution in [1.82, 2.24) is 4.57 Å². The number of rotatable bonds is 3. The molecule has 0 fully saturated rings. The smallest absolute Gasteiger partial charge is 0.0630 e. The van der Waals surface area contributed by atoms with Crippen molar-refractivity contribution in [3.8, 4) is 11.3 Å². The summed E-state index contributed by atoms with van der Waals surface area (Å²) in [4.78, 5) is 2.47. The maximum absolute atomic E-state index is 6.04. The van der Waals surface area contributed by atoms with Crippen molar-refractivity contribution in [1.29, 1.82) is 0 Å². The van der Waals surface area contributed by atoms with Gasteiger partial charge in [-0.05, 0) is 42.8 Å². The van der Waals surface area contributed by atoms with Crippen LogP contribution in [0.3, 0.4) is 0 Å². The second-order valence-corrected chi connectivity index (χ2v) is 7.70. The number of aromatic nitrogens is 1. The van der Waals surface area contributed by atoms with E-state index in [0.29, 0.717) is 0 Å². The van der Waals surface area contributed by atoms with E-state index in [1.807, 2.05) is 12.1 Å². The van der Waals surface area contributed by atoms with Gasteiger partial charge in [-0.15, -0.1) is 0 Å². The van der Waals surface area contributed by atoms with Crippen LogP contribution in [0.5, 0.6) is 0 Å². The van der Waals surface area contributed by atoms with Crippen LogP contribution in [0.4, 0.5) is 0 Å². The Hall–Kier alpha value is -2.16. The molecule has 25 heavy (non-hydrogen) atoms. The van der Waals surface area contributed by atoms with Gasteiger partial charge in [0.2, 0.25) is 0 Å². The fraction of sp³-hybridized carbons (Fsp3) is 0.0909. The van der Waals surface area contributed by atoms with Crippen molar-refractivity contribution in [2.75, 3.05) is 0 Å². The average Bonchev–Trinajstić information content (AvgIpc) is 2.90. The van der Waals surface area contributed by atoms with Crippen LogP contribution in [0, 0.1) is 6.92 Å². The Kier molecular flexibility index (Phi) is 4.32. The predicted molar refractivity (Wildman–Crippen MR) is 109 cm³/mol. The normalized spacial score (nSPS) is 11.2. The Bertz CT molecular complexity index is 1030. The molecule has 3 aromatic carbocycles. The fourth-order valence-corrected chi connectivity index (χ4v) is 4.39. The molecule has 0 saturated heterocycles. The molecule has 4 rings (SSSR count). The minimum atomic E-state index is 0.765. The van der Waals surface area contributed by atoms with E-state index < -0.39 is 0 Å². The molecule has 4 aromatic rings. The molecule has 1 heterocycles. The van der Waals surface area contributed by atoms with Gasteiger partial charge in [0.1, 0.15) is 0 Å². The van der Waals surface area contributed by atoms with E-state index in [-0.39, 0.29) is 0 Å². The number of benzene rings is 3. The monoisotopic (exact) mass is 363 g/mol. The highest BCUT2D eigenvalue weighted by Crippen LogP contribution is 2.43. The minimum absolute atomic E-state index is 0.765. The SMILES string of the molecule is Cc1ccc(-c2c(Sc3ccc(Cl)cc3)c3ccccc3n2C)cc1. The van der Waals surface area contributed by atoms with Crippen LogP contribution in [0.1, 0.15) is 5.56 Å². The van der Waals surface area contributed by atoms with E-state index >= 15 is 0 Å². The molecule has 0 radical (unpaired) electrons. The molecular formula is C22H18ClNS. The lowest BCUT2D eigenvalue weighted by Crippen LogP contribution is -1.92.